The van der Waals surface area contributed by atoms with E-state index in [1.165, 1.54) is 64.5 Å². The summed E-state index contributed by atoms with van der Waals surface area (Å²) >= 11 is 0.922. The van der Waals surface area contributed by atoms with Crippen molar-refractivity contribution in [2.75, 3.05) is 25.5 Å². The van der Waals surface area contributed by atoms with Gasteiger partial charge in [-0.15, -0.1) is 11.3 Å². The number of amides is 1. The summed E-state index contributed by atoms with van der Waals surface area (Å²) in [5, 5.41) is 12.8. The van der Waals surface area contributed by atoms with E-state index in [9.17, 15) is 32.0 Å². The molecule has 1 aliphatic heterocycles. The highest BCUT2D eigenvalue weighted by atomic mass is 32.2. The minimum atomic E-state index is -3.78. The third kappa shape index (κ3) is 7.99. The Kier molecular flexibility index (Phi) is 11.0. The molecule has 2 heterocycles. The minimum Gasteiger partial charge on any atom is -0.493 e. The predicted molar refractivity (Wildman–Crippen MR) is 178 cm³/mol. The number of benzene rings is 3. The number of halogens is 2. The fraction of sp³-hybridized carbons (Fsp3) is 0.265. The average molecular weight is 695 g/mol. The molecule has 1 N–H and O–H groups in total. The molecule has 0 spiro atoms. The number of nitrogens with one attached hydrogen (secondary N) is 1. The van der Waals surface area contributed by atoms with Gasteiger partial charge in [-0.05, 0) is 66.8 Å². The Morgan fingerprint density at radius 3 is 2.48 bits per heavy atom. The molecule has 3 aromatic carbocycles. The number of carbonyl (C=O) groups is 1. The number of aryl methyl sites for hydroxylation is 1. The van der Waals surface area contributed by atoms with Crippen molar-refractivity contribution in [1.29, 1.82) is 5.26 Å². The lowest BCUT2D eigenvalue weighted by molar-refractivity contribution is -0.111. The fourth-order valence-electron chi connectivity index (χ4n) is 5.29. The number of anilines is 1. The van der Waals surface area contributed by atoms with Crippen LogP contribution in [0.2, 0.25) is 0 Å². The second-order valence-electron chi connectivity index (χ2n) is 10.8. The van der Waals surface area contributed by atoms with Crippen LogP contribution in [0.1, 0.15) is 30.4 Å². The van der Waals surface area contributed by atoms with Crippen LogP contribution in [0.25, 0.3) is 11.6 Å². The summed E-state index contributed by atoms with van der Waals surface area (Å²) in [6.45, 7) is -2.07. The number of ether oxygens (including phenoxy) is 2. The van der Waals surface area contributed by atoms with E-state index in [4.69, 9.17) is 4.74 Å². The lowest BCUT2D eigenvalue weighted by atomic mass is 10.1. The average Bonchev–Trinajstić information content (AvgIpc) is 3.39. The minimum absolute atomic E-state index is 0.0221. The molecule has 5 rings (SSSR count). The van der Waals surface area contributed by atoms with Crippen LogP contribution in [0.15, 0.2) is 82.5 Å². The molecule has 10 nitrogen and oxygen atoms in total. The van der Waals surface area contributed by atoms with Gasteiger partial charge in [-0.3, -0.25) is 14.2 Å². The molecule has 1 amide bonds. The first-order valence-electron chi connectivity index (χ1n) is 15.0. The van der Waals surface area contributed by atoms with Crippen LogP contribution >= 0.6 is 11.3 Å². The van der Waals surface area contributed by atoms with E-state index < -0.39 is 28.1 Å². The predicted octanol–water partition coefficient (Wildman–Crippen LogP) is 4.08. The fourth-order valence-corrected chi connectivity index (χ4v) is 7.98. The Morgan fingerprint density at radius 1 is 1.04 bits per heavy atom. The van der Waals surface area contributed by atoms with Crippen molar-refractivity contribution in [2.45, 2.75) is 43.7 Å². The van der Waals surface area contributed by atoms with Gasteiger partial charge in [-0.1, -0.05) is 48.9 Å². The maximum atomic E-state index is 13.8. The Bertz CT molecular complexity index is 2120. The summed E-state index contributed by atoms with van der Waals surface area (Å²) in [5.41, 5.74) is 0.732. The zero-order valence-electron chi connectivity index (χ0n) is 25.9. The van der Waals surface area contributed by atoms with E-state index in [1.807, 2.05) is 36.4 Å². The topological polar surface area (TPSA) is 131 Å². The second-order valence-corrected chi connectivity index (χ2v) is 13.8. The number of methoxy groups -OCH3 is 1. The third-order valence-corrected chi connectivity index (χ3v) is 10.7. The van der Waals surface area contributed by atoms with Gasteiger partial charge in [0.1, 0.15) is 10.7 Å². The number of sulfonamides is 1. The SMILES string of the molecule is COc1cc(C=c2sc(=C(C#N)C(=O)Nc3cccc(S(=O)(=O)N4CCCCC4)c3)n(CCc3ccccc3)c2=O)ccc1OC(F)F. The molecule has 0 unspecified atom stereocenters. The first-order chi connectivity index (χ1) is 23.1. The summed E-state index contributed by atoms with van der Waals surface area (Å²) in [6, 6.07) is 21.3. The van der Waals surface area contributed by atoms with Gasteiger partial charge in [0.05, 0.1) is 16.5 Å². The molecule has 1 saturated heterocycles. The van der Waals surface area contributed by atoms with Crippen molar-refractivity contribution >= 4 is 44.6 Å². The molecule has 250 valence electrons. The van der Waals surface area contributed by atoms with Crippen LogP contribution in [0.5, 0.6) is 11.5 Å². The highest BCUT2D eigenvalue weighted by Crippen LogP contribution is 2.29. The van der Waals surface area contributed by atoms with Gasteiger partial charge in [0.2, 0.25) is 10.0 Å². The van der Waals surface area contributed by atoms with Crippen LogP contribution in [-0.4, -0.2) is 50.0 Å². The van der Waals surface area contributed by atoms with E-state index >= 15 is 0 Å². The number of nitriles is 1. The molecule has 1 fully saturated rings. The van der Waals surface area contributed by atoms with E-state index in [0.29, 0.717) is 25.1 Å². The second kappa shape index (κ2) is 15.4. The van der Waals surface area contributed by atoms with Gasteiger partial charge < -0.3 is 14.8 Å². The molecule has 1 aliphatic rings. The Morgan fingerprint density at radius 2 is 1.79 bits per heavy atom. The van der Waals surface area contributed by atoms with Crippen molar-refractivity contribution in [3.8, 4) is 17.6 Å². The van der Waals surface area contributed by atoms with Crippen LogP contribution in [0.3, 0.4) is 0 Å². The molecule has 14 heteroatoms. The summed E-state index contributed by atoms with van der Waals surface area (Å²) < 4.78 is 64.8. The maximum absolute atomic E-state index is 13.8. The highest BCUT2D eigenvalue weighted by Gasteiger charge is 2.26. The van der Waals surface area contributed by atoms with Crippen molar-refractivity contribution in [2.24, 2.45) is 0 Å². The Hall–Kier alpha value is -4.84. The van der Waals surface area contributed by atoms with Gasteiger partial charge >= 0.3 is 6.61 Å². The normalized spacial score (nSPS) is 14.8. The van der Waals surface area contributed by atoms with Gasteiger partial charge in [0.15, 0.2) is 17.1 Å². The van der Waals surface area contributed by atoms with Crippen LogP contribution < -0.4 is 29.5 Å². The molecule has 48 heavy (non-hydrogen) atoms. The lowest BCUT2D eigenvalue weighted by Gasteiger charge is -2.26. The molecule has 0 atom stereocenters. The number of alkyl halides is 2. The quantitative estimate of drug-likeness (QED) is 0.251. The van der Waals surface area contributed by atoms with E-state index in [2.05, 4.69) is 10.1 Å². The summed E-state index contributed by atoms with van der Waals surface area (Å²) in [7, 11) is -2.48. The molecule has 0 bridgehead atoms. The van der Waals surface area contributed by atoms with Gasteiger partial charge in [-0.25, -0.2) is 8.42 Å². The summed E-state index contributed by atoms with van der Waals surface area (Å²) in [6.07, 6.45) is 4.44. The van der Waals surface area contributed by atoms with Crippen LogP contribution in [-0.2, 0) is 27.8 Å². The van der Waals surface area contributed by atoms with E-state index in [1.54, 1.807) is 0 Å². The molecule has 0 saturated carbocycles. The molecule has 0 radical (unpaired) electrons. The molecule has 4 aromatic rings. The van der Waals surface area contributed by atoms with Crippen molar-refractivity contribution in [1.82, 2.24) is 8.87 Å². The number of hydrogen-bond acceptors (Lipinski definition) is 8. The van der Waals surface area contributed by atoms with Crippen LogP contribution in [0.4, 0.5) is 14.5 Å². The molecule has 1 aromatic heterocycles. The highest BCUT2D eigenvalue weighted by molar-refractivity contribution is 7.89. The van der Waals surface area contributed by atoms with Gasteiger partial charge in [0, 0.05) is 25.3 Å². The van der Waals surface area contributed by atoms with Gasteiger partial charge in [-0.2, -0.15) is 18.3 Å². The Labute approximate surface area is 279 Å². The monoisotopic (exact) mass is 694 g/mol. The third-order valence-electron chi connectivity index (χ3n) is 7.67. The van der Waals surface area contributed by atoms with E-state index in [0.717, 1.165) is 36.2 Å². The zero-order valence-corrected chi connectivity index (χ0v) is 27.5. The van der Waals surface area contributed by atoms with Crippen molar-refractivity contribution < 1.29 is 31.5 Å². The number of piperidine rings is 1. The maximum Gasteiger partial charge on any atom is 0.387 e. The summed E-state index contributed by atoms with van der Waals surface area (Å²) in [4.78, 5) is 27.4. The van der Waals surface area contributed by atoms with Crippen LogP contribution in [0, 0.1) is 11.3 Å². The number of carbonyl (C=O) groups excluding carboxylic acids is 1. The first-order valence-corrected chi connectivity index (χ1v) is 17.3. The lowest BCUT2D eigenvalue weighted by Crippen LogP contribution is -2.35. The Balaban J connectivity index is 1.55. The number of nitrogens with zero attached hydrogens (tertiary/aromatic N) is 3. The number of hydrogen-bond donors (Lipinski definition) is 1. The summed E-state index contributed by atoms with van der Waals surface area (Å²) in [5.74, 6) is -0.971. The number of aromatic nitrogens is 1. The number of rotatable bonds is 11. The first kappa shape index (κ1) is 34.5. The van der Waals surface area contributed by atoms with Crippen molar-refractivity contribution in [3.63, 3.8) is 0 Å². The zero-order chi connectivity index (χ0) is 34.3. The molecular formula is C34H32F2N4O6S2. The molecular weight excluding hydrogens is 663 g/mol. The smallest absolute Gasteiger partial charge is 0.387 e. The molecule has 0 aliphatic carbocycles. The standard InChI is InChI=1S/C34H32F2N4O6S2/c1-45-29-19-24(13-14-28(29)46-34(35)36)20-30-32(42)40(18-15-23-9-4-2-5-10-23)33(47-30)27(22-37)31(41)38-25-11-8-12-26(21-25)48(43,44)39-16-6-3-7-17-39/h2,4-5,8-14,19-21,34H,3,6-7,15-18H2,1H3,(H,38,41). The van der Waals surface area contributed by atoms with E-state index in [-0.39, 0.29) is 43.4 Å². The van der Waals surface area contributed by atoms with Crippen molar-refractivity contribution in [3.05, 3.63) is 103 Å². The number of thiazole rings is 1. The largest absolute Gasteiger partial charge is 0.493 e. The van der Waals surface area contributed by atoms with Gasteiger partial charge in [0.25, 0.3) is 11.5 Å².